The Morgan fingerprint density at radius 3 is 2.53 bits per heavy atom. The summed E-state index contributed by atoms with van der Waals surface area (Å²) in [6, 6.07) is 16.1. The van der Waals surface area contributed by atoms with E-state index in [-0.39, 0.29) is 23.5 Å². The number of hydrogen-bond acceptors (Lipinski definition) is 7. The number of hydrogen-bond donors (Lipinski definition) is 1. The zero-order chi connectivity index (χ0) is 33.5. The van der Waals surface area contributed by atoms with Gasteiger partial charge in [-0.3, -0.25) is 9.59 Å². The summed E-state index contributed by atoms with van der Waals surface area (Å²) in [6.07, 6.45) is 10.5. The first-order valence-electron chi connectivity index (χ1n) is 16.3. The predicted octanol–water partition coefficient (Wildman–Crippen LogP) is 5.00. The van der Waals surface area contributed by atoms with Gasteiger partial charge in [0.2, 0.25) is 5.36 Å². The second-order valence-electron chi connectivity index (χ2n) is 12.5. The SMILES string of the molecule is CN(C)c1ccc2c(-c3cc(C(=O)NCCCCC(=O)OC4CC/C=C/CCC4)ccc3C(=O)[O-])c3ccc(=[N+](C)C)cc-3oc2c1. The number of nitrogens with zero attached hydrogens (tertiary/aromatic N) is 2. The Morgan fingerprint density at radius 2 is 1.77 bits per heavy atom. The number of fused-ring (bicyclic) bond motifs is 2. The van der Waals surface area contributed by atoms with E-state index in [4.69, 9.17) is 9.15 Å². The molecule has 1 heterocycles. The van der Waals surface area contributed by atoms with Gasteiger partial charge in [0.15, 0.2) is 0 Å². The summed E-state index contributed by atoms with van der Waals surface area (Å²) in [4.78, 5) is 40.0. The number of carboxylic acid groups (broad SMARTS) is 1. The van der Waals surface area contributed by atoms with Crippen molar-refractivity contribution in [3.05, 3.63) is 83.2 Å². The fourth-order valence-electron chi connectivity index (χ4n) is 5.97. The van der Waals surface area contributed by atoms with Crippen molar-refractivity contribution in [2.24, 2.45) is 0 Å². The van der Waals surface area contributed by atoms with Crippen molar-refractivity contribution < 1.29 is 28.6 Å². The lowest BCUT2D eigenvalue weighted by molar-refractivity contribution is -0.254. The van der Waals surface area contributed by atoms with Crippen LogP contribution in [0.15, 0.2) is 71.2 Å². The topological polar surface area (TPSA) is 115 Å². The van der Waals surface area contributed by atoms with Crippen molar-refractivity contribution in [3.8, 4) is 22.5 Å². The van der Waals surface area contributed by atoms with E-state index < -0.39 is 5.97 Å². The molecule has 9 heteroatoms. The van der Waals surface area contributed by atoms with E-state index in [9.17, 15) is 19.5 Å². The summed E-state index contributed by atoms with van der Waals surface area (Å²) in [5.74, 6) is -1.29. The van der Waals surface area contributed by atoms with Crippen LogP contribution in [-0.4, -0.2) is 58.7 Å². The normalized spacial score (nSPS) is 15.4. The maximum atomic E-state index is 13.3. The Morgan fingerprint density at radius 1 is 0.957 bits per heavy atom. The van der Waals surface area contributed by atoms with Crippen molar-refractivity contribution in [2.45, 2.75) is 57.5 Å². The minimum atomic E-state index is -1.34. The van der Waals surface area contributed by atoms with Crippen molar-refractivity contribution in [1.82, 2.24) is 9.89 Å². The molecule has 2 aromatic rings. The number of rotatable bonds is 10. The summed E-state index contributed by atoms with van der Waals surface area (Å²) in [5, 5.41) is 17.0. The second-order valence-corrected chi connectivity index (χ2v) is 12.5. The van der Waals surface area contributed by atoms with E-state index in [1.165, 1.54) is 12.1 Å². The highest BCUT2D eigenvalue weighted by Gasteiger charge is 2.22. The smallest absolute Gasteiger partial charge is 0.306 e. The number of carbonyl (C=O) groups excluding carboxylic acids is 3. The van der Waals surface area contributed by atoms with Gasteiger partial charge in [0.25, 0.3) is 5.91 Å². The average Bonchev–Trinajstić information content (AvgIpc) is 3.03. The Bertz CT molecular complexity index is 1850. The van der Waals surface area contributed by atoms with Crippen molar-refractivity contribution in [1.29, 1.82) is 0 Å². The minimum Gasteiger partial charge on any atom is -0.545 e. The molecule has 1 aliphatic heterocycles. The number of anilines is 1. The monoisotopic (exact) mass is 637 g/mol. The van der Waals surface area contributed by atoms with Crippen LogP contribution < -0.4 is 25.3 Å². The number of benzene rings is 3. The fraction of sp³-hybridized carbons (Fsp3) is 0.368. The number of carboxylic acids is 1. The van der Waals surface area contributed by atoms with Gasteiger partial charge in [0, 0.05) is 72.5 Å². The molecule has 2 aromatic carbocycles. The van der Waals surface area contributed by atoms with Crippen LogP contribution in [0.3, 0.4) is 0 Å². The molecule has 1 N–H and O–H groups in total. The third-order valence-electron chi connectivity index (χ3n) is 8.60. The van der Waals surface area contributed by atoms with Gasteiger partial charge in [-0.1, -0.05) is 18.2 Å². The zero-order valence-corrected chi connectivity index (χ0v) is 27.6. The van der Waals surface area contributed by atoms with Crippen molar-refractivity contribution in [3.63, 3.8) is 0 Å². The van der Waals surface area contributed by atoms with Crippen LogP contribution in [0.4, 0.5) is 5.69 Å². The van der Waals surface area contributed by atoms with Crippen LogP contribution in [0.25, 0.3) is 33.4 Å². The lowest BCUT2D eigenvalue weighted by atomic mass is 9.89. The molecular formula is C38H43N3O6. The Hall–Kier alpha value is -4.92. The van der Waals surface area contributed by atoms with Crippen LogP contribution >= 0.6 is 0 Å². The first-order valence-corrected chi connectivity index (χ1v) is 16.3. The quantitative estimate of drug-likeness (QED) is 0.0856. The van der Waals surface area contributed by atoms with Crippen LogP contribution in [0, 0.1) is 0 Å². The molecule has 1 atom stereocenters. The number of aromatic carboxylic acids is 1. The molecule has 5 rings (SSSR count). The Balaban J connectivity index is 1.37. The summed E-state index contributed by atoms with van der Waals surface area (Å²) in [7, 11) is 7.75. The Labute approximate surface area is 275 Å². The number of ether oxygens (including phenoxy) is 1. The van der Waals surface area contributed by atoms with Gasteiger partial charge in [-0.25, -0.2) is 4.58 Å². The standard InChI is InChI=1S/C38H43N3O6/c1-40(2)26-16-19-30-33(23-26)47-34-24-27(41(3)4)17-20-31(34)36(30)32-22-25(15-18-29(32)38(44)45)37(43)39-21-11-10-14-35(42)46-28-12-8-6-5-7-9-13-28/h5-6,15-20,22-24,28H,7-14,21H2,1-4H3,(H-,39,43,44,45)/b6-5+. The van der Waals surface area contributed by atoms with E-state index >= 15 is 0 Å². The number of amides is 1. The average molecular weight is 638 g/mol. The number of nitrogens with one attached hydrogen (secondary N) is 1. The molecule has 0 saturated carbocycles. The van der Waals surface area contributed by atoms with E-state index in [1.807, 2.05) is 74.1 Å². The molecule has 47 heavy (non-hydrogen) atoms. The highest BCUT2D eigenvalue weighted by molar-refractivity contribution is 6.09. The first-order chi connectivity index (χ1) is 22.6. The molecule has 0 spiro atoms. The lowest BCUT2D eigenvalue weighted by Gasteiger charge is -2.20. The highest BCUT2D eigenvalue weighted by atomic mass is 16.5. The van der Waals surface area contributed by atoms with Gasteiger partial charge >= 0.3 is 5.97 Å². The molecule has 0 saturated heterocycles. The molecule has 0 bridgehead atoms. The second kappa shape index (κ2) is 15.1. The molecule has 0 radical (unpaired) electrons. The number of allylic oxidation sites excluding steroid dienone is 2. The maximum Gasteiger partial charge on any atom is 0.306 e. The molecule has 0 aromatic heterocycles. The lowest BCUT2D eigenvalue weighted by Crippen LogP contribution is -2.26. The van der Waals surface area contributed by atoms with E-state index in [0.717, 1.165) is 43.1 Å². The number of carbonyl (C=O) groups is 3. The predicted molar refractivity (Wildman–Crippen MR) is 182 cm³/mol. The van der Waals surface area contributed by atoms with E-state index in [1.54, 1.807) is 6.07 Å². The summed E-state index contributed by atoms with van der Waals surface area (Å²) < 4.78 is 14.0. The van der Waals surface area contributed by atoms with Crippen LogP contribution in [0.2, 0.25) is 0 Å². The molecule has 2 aliphatic carbocycles. The van der Waals surface area contributed by atoms with Gasteiger partial charge in [-0.15, -0.1) is 0 Å². The van der Waals surface area contributed by atoms with Gasteiger partial charge in [-0.05, 0) is 80.8 Å². The molecule has 1 unspecified atom stereocenters. The minimum absolute atomic E-state index is 0.0251. The Kier molecular flexibility index (Phi) is 10.8. The summed E-state index contributed by atoms with van der Waals surface area (Å²) in [6.45, 7) is 0.370. The van der Waals surface area contributed by atoms with Gasteiger partial charge < -0.3 is 29.3 Å². The third-order valence-corrected chi connectivity index (χ3v) is 8.60. The van der Waals surface area contributed by atoms with Gasteiger partial charge in [0.1, 0.15) is 31.5 Å². The zero-order valence-electron chi connectivity index (χ0n) is 27.6. The molecule has 3 aliphatic rings. The highest BCUT2D eigenvalue weighted by Crippen LogP contribution is 2.42. The van der Waals surface area contributed by atoms with E-state index in [2.05, 4.69) is 17.5 Å². The summed E-state index contributed by atoms with van der Waals surface area (Å²) in [5.41, 5.74) is 3.52. The molecule has 1 amide bonds. The first kappa shape index (κ1) is 33.4. The maximum absolute atomic E-state index is 13.3. The molecule has 0 fully saturated rings. The number of unbranched alkanes of at least 4 members (excludes halogenated alkanes) is 1. The molecule has 246 valence electrons. The molecule has 9 nitrogen and oxygen atoms in total. The van der Waals surface area contributed by atoms with Crippen LogP contribution in [0.5, 0.6) is 0 Å². The van der Waals surface area contributed by atoms with Gasteiger partial charge in [-0.2, -0.15) is 0 Å². The number of esters is 1. The van der Waals surface area contributed by atoms with Crippen LogP contribution in [-0.2, 0) is 9.53 Å². The van der Waals surface area contributed by atoms with Crippen molar-refractivity contribution in [2.75, 3.05) is 39.6 Å². The summed E-state index contributed by atoms with van der Waals surface area (Å²) >= 11 is 0. The van der Waals surface area contributed by atoms with Gasteiger partial charge in [0.05, 0.1) is 12.0 Å². The van der Waals surface area contributed by atoms with Crippen molar-refractivity contribution >= 4 is 34.5 Å². The third kappa shape index (κ3) is 8.09. The van der Waals surface area contributed by atoms with E-state index in [0.29, 0.717) is 64.8 Å². The largest absolute Gasteiger partial charge is 0.545 e. The molecular weight excluding hydrogens is 594 g/mol. The fourth-order valence-corrected chi connectivity index (χ4v) is 5.97. The van der Waals surface area contributed by atoms with Crippen LogP contribution in [0.1, 0.15) is 72.1 Å².